The lowest BCUT2D eigenvalue weighted by Crippen LogP contribution is -1.93. The molecular weight excluding hydrogens is 236 g/mol. The van der Waals surface area contributed by atoms with E-state index >= 15 is 0 Å². The molecule has 1 heterocycles. The molecule has 0 spiro atoms. The van der Waals surface area contributed by atoms with Crippen LogP contribution in [0.1, 0.15) is 24.5 Å². The van der Waals surface area contributed by atoms with Crippen LogP contribution in [0.15, 0.2) is 22.7 Å². The van der Waals surface area contributed by atoms with Crippen molar-refractivity contribution in [3.05, 3.63) is 34.3 Å². The van der Waals surface area contributed by atoms with Crippen molar-refractivity contribution in [1.82, 2.24) is 5.16 Å². The summed E-state index contributed by atoms with van der Waals surface area (Å²) in [5.41, 5.74) is 8.74. The molecule has 0 atom stereocenters. The third kappa shape index (κ3) is 2.15. The molecule has 0 unspecified atom stereocenters. The highest BCUT2D eigenvalue weighted by Gasteiger charge is 2.17. The summed E-state index contributed by atoms with van der Waals surface area (Å²) in [6.45, 7) is 4.06. The van der Waals surface area contributed by atoms with E-state index in [1.54, 1.807) is 0 Å². The van der Waals surface area contributed by atoms with Crippen molar-refractivity contribution in [3.63, 3.8) is 0 Å². The monoisotopic (exact) mass is 250 g/mol. The van der Waals surface area contributed by atoms with Crippen molar-refractivity contribution in [3.8, 4) is 11.3 Å². The number of benzene rings is 1. The van der Waals surface area contributed by atoms with Crippen molar-refractivity contribution in [2.75, 3.05) is 5.73 Å². The summed E-state index contributed by atoms with van der Waals surface area (Å²) < 4.78 is 5.34. The lowest BCUT2D eigenvalue weighted by Gasteiger charge is -2.05. The zero-order chi connectivity index (χ0) is 12.4. The zero-order valence-electron chi connectivity index (χ0n) is 9.96. The van der Waals surface area contributed by atoms with Crippen LogP contribution in [0.3, 0.4) is 0 Å². The number of nitrogens with two attached hydrogens (primary N) is 1. The summed E-state index contributed by atoms with van der Waals surface area (Å²) in [7, 11) is 0. The maximum absolute atomic E-state index is 6.11. The van der Waals surface area contributed by atoms with Crippen LogP contribution in [0.5, 0.6) is 0 Å². The molecule has 2 rings (SSSR count). The third-order valence-electron chi connectivity index (χ3n) is 2.83. The van der Waals surface area contributed by atoms with Gasteiger partial charge in [0.15, 0.2) is 11.6 Å². The number of hydrogen-bond donors (Lipinski definition) is 1. The molecule has 90 valence electrons. The van der Waals surface area contributed by atoms with Crippen LogP contribution >= 0.6 is 11.6 Å². The highest BCUT2D eigenvalue weighted by molar-refractivity contribution is 6.31. The molecular formula is C13H15ClN2O. The van der Waals surface area contributed by atoms with E-state index < -0.39 is 0 Å². The second kappa shape index (κ2) is 4.80. The van der Waals surface area contributed by atoms with Gasteiger partial charge in [0.05, 0.1) is 0 Å². The normalized spacial score (nSPS) is 10.8. The van der Waals surface area contributed by atoms with Crippen molar-refractivity contribution in [1.29, 1.82) is 0 Å². The van der Waals surface area contributed by atoms with Crippen LogP contribution in [0.2, 0.25) is 5.02 Å². The standard InChI is InChI=1S/C13H15ClN2O/c1-3-5-10-12(17-16-13(10)15)9-6-4-7-11(14)8(9)2/h4,6-7H,3,5H2,1-2H3,(H2,15,16). The van der Waals surface area contributed by atoms with Gasteiger partial charge in [0.1, 0.15) is 0 Å². The predicted molar refractivity (Wildman–Crippen MR) is 70.1 cm³/mol. The summed E-state index contributed by atoms with van der Waals surface area (Å²) in [6, 6.07) is 5.74. The smallest absolute Gasteiger partial charge is 0.172 e. The molecule has 0 aliphatic carbocycles. The van der Waals surface area contributed by atoms with Gasteiger partial charge in [-0.25, -0.2) is 0 Å². The Morgan fingerprint density at radius 2 is 2.18 bits per heavy atom. The Kier molecular flexibility index (Phi) is 3.38. The largest absolute Gasteiger partial charge is 0.381 e. The summed E-state index contributed by atoms with van der Waals surface area (Å²) in [5, 5.41) is 4.56. The zero-order valence-corrected chi connectivity index (χ0v) is 10.7. The van der Waals surface area contributed by atoms with Gasteiger partial charge in [-0.2, -0.15) is 0 Å². The lowest BCUT2D eigenvalue weighted by molar-refractivity contribution is 0.434. The van der Waals surface area contributed by atoms with Crippen LogP contribution in [-0.4, -0.2) is 5.16 Å². The van der Waals surface area contributed by atoms with Gasteiger partial charge in [-0.05, 0) is 25.0 Å². The molecule has 0 aliphatic rings. The fourth-order valence-corrected chi connectivity index (χ4v) is 2.05. The third-order valence-corrected chi connectivity index (χ3v) is 3.24. The molecule has 0 saturated carbocycles. The minimum atomic E-state index is 0.473. The number of rotatable bonds is 3. The predicted octanol–water partition coefficient (Wildman–Crippen LogP) is 3.84. The first-order valence-corrected chi connectivity index (χ1v) is 6.02. The Bertz CT molecular complexity index is 534. The average molecular weight is 251 g/mol. The fourth-order valence-electron chi connectivity index (χ4n) is 1.88. The second-order valence-electron chi connectivity index (χ2n) is 4.04. The molecule has 0 bridgehead atoms. The second-order valence-corrected chi connectivity index (χ2v) is 4.45. The first kappa shape index (κ1) is 12.0. The molecule has 0 amide bonds. The highest BCUT2D eigenvalue weighted by atomic mass is 35.5. The van der Waals surface area contributed by atoms with E-state index in [2.05, 4.69) is 12.1 Å². The van der Waals surface area contributed by atoms with Gasteiger partial charge in [0, 0.05) is 16.1 Å². The van der Waals surface area contributed by atoms with E-state index in [-0.39, 0.29) is 0 Å². The van der Waals surface area contributed by atoms with Crippen LogP contribution in [0.25, 0.3) is 11.3 Å². The van der Waals surface area contributed by atoms with Gasteiger partial charge in [-0.1, -0.05) is 42.2 Å². The fraction of sp³-hybridized carbons (Fsp3) is 0.308. The van der Waals surface area contributed by atoms with E-state index in [1.807, 2.05) is 25.1 Å². The molecule has 0 radical (unpaired) electrons. The minimum Gasteiger partial charge on any atom is -0.381 e. The Balaban J connectivity index is 2.56. The van der Waals surface area contributed by atoms with Gasteiger partial charge in [0.25, 0.3) is 0 Å². The topological polar surface area (TPSA) is 52.0 Å². The summed E-state index contributed by atoms with van der Waals surface area (Å²) in [5.74, 6) is 1.21. The van der Waals surface area contributed by atoms with Crippen molar-refractivity contribution in [2.24, 2.45) is 0 Å². The first-order chi connectivity index (χ1) is 8.15. The van der Waals surface area contributed by atoms with Crippen molar-refractivity contribution < 1.29 is 4.52 Å². The number of anilines is 1. The SMILES string of the molecule is CCCc1c(N)noc1-c1cccc(Cl)c1C. The van der Waals surface area contributed by atoms with Crippen LogP contribution in [0, 0.1) is 6.92 Å². The average Bonchev–Trinajstić information content (AvgIpc) is 2.66. The van der Waals surface area contributed by atoms with Gasteiger partial charge in [0.2, 0.25) is 0 Å². The molecule has 0 fully saturated rings. The van der Waals surface area contributed by atoms with Crippen LogP contribution in [-0.2, 0) is 6.42 Å². The van der Waals surface area contributed by atoms with E-state index in [1.165, 1.54) is 0 Å². The number of aromatic nitrogens is 1. The number of nitrogen functional groups attached to an aromatic ring is 1. The molecule has 0 aliphatic heterocycles. The lowest BCUT2D eigenvalue weighted by atomic mass is 10.0. The Morgan fingerprint density at radius 3 is 2.88 bits per heavy atom. The van der Waals surface area contributed by atoms with Crippen molar-refractivity contribution >= 4 is 17.4 Å². The summed E-state index contributed by atoms with van der Waals surface area (Å²) >= 11 is 6.11. The molecule has 2 N–H and O–H groups in total. The number of hydrogen-bond acceptors (Lipinski definition) is 3. The Hall–Kier alpha value is -1.48. The van der Waals surface area contributed by atoms with Crippen molar-refractivity contribution in [2.45, 2.75) is 26.7 Å². The van der Waals surface area contributed by atoms with Gasteiger partial charge >= 0.3 is 0 Å². The minimum absolute atomic E-state index is 0.473. The molecule has 17 heavy (non-hydrogen) atoms. The van der Waals surface area contributed by atoms with Gasteiger partial charge < -0.3 is 10.3 Å². The Labute approximate surface area is 106 Å². The van der Waals surface area contributed by atoms with Crippen LogP contribution < -0.4 is 5.73 Å². The molecule has 2 aromatic rings. The van der Waals surface area contributed by atoms with Gasteiger partial charge in [-0.15, -0.1) is 0 Å². The van der Waals surface area contributed by atoms with Crippen LogP contribution in [0.4, 0.5) is 5.82 Å². The van der Waals surface area contributed by atoms with Gasteiger partial charge in [-0.3, -0.25) is 0 Å². The maximum Gasteiger partial charge on any atom is 0.172 e. The molecule has 1 aromatic heterocycles. The van der Waals surface area contributed by atoms with E-state index in [9.17, 15) is 0 Å². The molecule has 1 aromatic carbocycles. The Morgan fingerprint density at radius 1 is 1.41 bits per heavy atom. The van der Waals surface area contributed by atoms with E-state index in [0.717, 1.165) is 40.3 Å². The highest BCUT2D eigenvalue weighted by Crippen LogP contribution is 2.33. The molecule has 4 heteroatoms. The molecule has 3 nitrogen and oxygen atoms in total. The summed E-state index contributed by atoms with van der Waals surface area (Å²) in [6.07, 6.45) is 1.86. The quantitative estimate of drug-likeness (QED) is 0.901. The van der Waals surface area contributed by atoms with E-state index in [0.29, 0.717) is 5.82 Å². The molecule has 0 saturated heterocycles. The summed E-state index contributed by atoms with van der Waals surface area (Å²) in [4.78, 5) is 0. The number of halogens is 1. The van der Waals surface area contributed by atoms with E-state index in [4.69, 9.17) is 21.9 Å². The maximum atomic E-state index is 6.11. The number of nitrogens with zero attached hydrogens (tertiary/aromatic N) is 1. The first-order valence-electron chi connectivity index (χ1n) is 5.64.